The molecule has 90 valence electrons. The monoisotopic (exact) mass is 237 g/mol. The molecule has 0 fully saturated rings. The minimum atomic E-state index is 0.751. The average Bonchev–Trinajstić information content (AvgIpc) is 2.46. The van der Waals surface area contributed by atoms with Gasteiger partial charge in [0, 0.05) is 17.8 Å². The molecule has 2 aromatic carbocycles. The molecule has 1 aliphatic heterocycles. The van der Waals surface area contributed by atoms with E-state index in [1.807, 2.05) is 24.3 Å². The maximum Gasteiger partial charge on any atom is 0.150 e. The number of anilines is 1. The molecular weight excluding hydrogens is 222 g/mol. The Morgan fingerprint density at radius 3 is 2.89 bits per heavy atom. The van der Waals surface area contributed by atoms with Crippen molar-refractivity contribution in [1.82, 2.24) is 0 Å². The minimum absolute atomic E-state index is 0.751. The maximum atomic E-state index is 11.1. The SMILES string of the molecule is O=Cc1ccccc1-c1ccc2c(c1)CCCN2. The van der Waals surface area contributed by atoms with Crippen molar-refractivity contribution in [3.05, 3.63) is 53.6 Å². The number of fused-ring (bicyclic) bond motifs is 1. The molecule has 0 aliphatic carbocycles. The Labute approximate surface area is 107 Å². The van der Waals surface area contributed by atoms with Crippen LogP contribution in [0.5, 0.6) is 0 Å². The quantitative estimate of drug-likeness (QED) is 0.810. The largest absolute Gasteiger partial charge is 0.385 e. The van der Waals surface area contributed by atoms with E-state index in [0.717, 1.165) is 35.9 Å². The molecule has 1 aliphatic rings. The summed E-state index contributed by atoms with van der Waals surface area (Å²) in [6.45, 7) is 1.05. The third kappa shape index (κ3) is 1.90. The van der Waals surface area contributed by atoms with Gasteiger partial charge in [-0.25, -0.2) is 0 Å². The highest BCUT2D eigenvalue weighted by molar-refractivity contribution is 5.88. The lowest BCUT2D eigenvalue weighted by Gasteiger charge is -2.19. The molecule has 0 unspecified atom stereocenters. The predicted octanol–water partition coefficient (Wildman–Crippen LogP) is 3.52. The van der Waals surface area contributed by atoms with E-state index in [2.05, 4.69) is 23.5 Å². The van der Waals surface area contributed by atoms with Crippen LogP contribution in [-0.4, -0.2) is 12.8 Å². The van der Waals surface area contributed by atoms with Crippen LogP contribution in [0.15, 0.2) is 42.5 Å². The molecule has 3 rings (SSSR count). The lowest BCUT2D eigenvalue weighted by molar-refractivity contribution is 0.112. The van der Waals surface area contributed by atoms with Crippen LogP contribution >= 0.6 is 0 Å². The summed E-state index contributed by atoms with van der Waals surface area (Å²) in [5, 5.41) is 3.40. The van der Waals surface area contributed by atoms with E-state index in [4.69, 9.17) is 0 Å². The Kier molecular flexibility index (Phi) is 2.85. The van der Waals surface area contributed by atoms with Crippen LogP contribution in [0.4, 0.5) is 5.69 Å². The number of rotatable bonds is 2. The number of aldehydes is 1. The second kappa shape index (κ2) is 4.65. The summed E-state index contributed by atoms with van der Waals surface area (Å²) in [7, 11) is 0. The number of carbonyl (C=O) groups excluding carboxylic acids is 1. The first-order valence-electron chi connectivity index (χ1n) is 6.30. The first-order chi connectivity index (χ1) is 8.88. The van der Waals surface area contributed by atoms with Crippen molar-refractivity contribution in [3.8, 4) is 11.1 Å². The fourth-order valence-corrected chi connectivity index (χ4v) is 2.51. The van der Waals surface area contributed by atoms with Crippen molar-refractivity contribution in [2.75, 3.05) is 11.9 Å². The second-order valence-electron chi connectivity index (χ2n) is 4.61. The molecule has 0 bridgehead atoms. The highest BCUT2D eigenvalue weighted by Gasteiger charge is 2.10. The summed E-state index contributed by atoms with van der Waals surface area (Å²) in [6, 6.07) is 14.1. The van der Waals surface area contributed by atoms with Gasteiger partial charge in [-0.2, -0.15) is 0 Å². The van der Waals surface area contributed by atoms with E-state index in [-0.39, 0.29) is 0 Å². The zero-order valence-electron chi connectivity index (χ0n) is 10.1. The lowest BCUT2D eigenvalue weighted by Crippen LogP contribution is -2.11. The van der Waals surface area contributed by atoms with E-state index in [9.17, 15) is 4.79 Å². The van der Waals surface area contributed by atoms with Crippen molar-refractivity contribution in [2.45, 2.75) is 12.8 Å². The molecule has 0 saturated heterocycles. The number of aryl methyl sites for hydroxylation is 1. The fraction of sp³-hybridized carbons (Fsp3) is 0.188. The van der Waals surface area contributed by atoms with Crippen LogP contribution in [0.1, 0.15) is 22.3 Å². The third-order valence-electron chi connectivity index (χ3n) is 3.44. The molecule has 0 aromatic heterocycles. The van der Waals surface area contributed by atoms with Gasteiger partial charge in [0.05, 0.1) is 0 Å². The van der Waals surface area contributed by atoms with Gasteiger partial charge in [-0.3, -0.25) is 4.79 Å². The third-order valence-corrected chi connectivity index (χ3v) is 3.44. The molecule has 1 N–H and O–H groups in total. The lowest BCUT2D eigenvalue weighted by atomic mass is 9.95. The van der Waals surface area contributed by atoms with E-state index in [1.165, 1.54) is 17.7 Å². The summed E-state index contributed by atoms with van der Waals surface area (Å²) >= 11 is 0. The van der Waals surface area contributed by atoms with Crippen LogP contribution in [-0.2, 0) is 6.42 Å². The summed E-state index contributed by atoms with van der Waals surface area (Å²) < 4.78 is 0. The fourth-order valence-electron chi connectivity index (χ4n) is 2.51. The van der Waals surface area contributed by atoms with Crippen LogP contribution in [0.3, 0.4) is 0 Å². The zero-order chi connectivity index (χ0) is 12.4. The van der Waals surface area contributed by atoms with Crippen LogP contribution < -0.4 is 5.32 Å². The summed E-state index contributed by atoms with van der Waals surface area (Å²) in [6.07, 6.45) is 3.21. The van der Waals surface area contributed by atoms with Gasteiger partial charge in [-0.15, -0.1) is 0 Å². The highest BCUT2D eigenvalue weighted by Crippen LogP contribution is 2.29. The first kappa shape index (κ1) is 11.0. The molecule has 0 amide bonds. The van der Waals surface area contributed by atoms with Gasteiger partial charge in [0.2, 0.25) is 0 Å². The van der Waals surface area contributed by atoms with E-state index < -0.39 is 0 Å². The Morgan fingerprint density at radius 2 is 2.00 bits per heavy atom. The standard InChI is InChI=1S/C16H15NO/c18-11-14-4-1-2-6-15(14)12-7-8-16-13(10-12)5-3-9-17-16/h1-2,4,6-8,10-11,17H,3,5,9H2. The molecule has 0 atom stereocenters. The van der Waals surface area contributed by atoms with Crippen molar-refractivity contribution in [2.24, 2.45) is 0 Å². The second-order valence-corrected chi connectivity index (χ2v) is 4.61. The van der Waals surface area contributed by atoms with Gasteiger partial charge in [-0.1, -0.05) is 30.3 Å². The summed E-state index contributed by atoms with van der Waals surface area (Å²) in [4.78, 5) is 11.1. The van der Waals surface area contributed by atoms with E-state index in [0.29, 0.717) is 0 Å². The Balaban J connectivity index is 2.09. The zero-order valence-corrected chi connectivity index (χ0v) is 10.1. The van der Waals surface area contributed by atoms with Gasteiger partial charge in [0.15, 0.2) is 6.29 Å². The number of carbonyl (C=O) groups is 1. The van der Waals surface area contributed by atoms with E-state index >= 15 is 0 Å². The number of nitrogens with one attached hydrogen (secondary N) is 1. The van der Waals surface area contributed by atoms with E-state index in [1.54, 1.807) is 0 Å². The Hall–Kier alpha value is -2.09. The van der Waals surface area contributed by atoms with Gasteiger partial charge in [-0.05, 0) is 41.7 Å². The van der Waals surface area contributed by atoms with Crippen molar-refractivity contribution >= 4 is 12.0 Å². The average molecular weight is 237 g/mol. The van der Waals surface area contributed by atoms with Crippen molar-refractivity contribution in [1.29, 1.82) is 0 Å². The number of hydrogen-bond donors (Lipinski definition) is 1. The topological polar surface area (TPSA) is 29.1 Å². The molecular formula is C16H15NO. The Bertz CT molecular complexity index is 589. The smallest absolute Gasteiger partial charge is 0.150 e. The summed E-state index contributed by atoms with van der Waals surface area (Å²) in [5.41, 5.74) is 5.47. The van der Waals surface area contributed by atoms with Gasteiger partial charge < -0.3 is 5.32 Å². The van der Waals surface area contributed by atoms with Crippen LogP contribution in [0.25, 0.3) is 11.1 Å². The highest BCUT2D eigenvalue weighted by atomic mass is 16.1. The van der Waals surface area contributed by atoms with Crippen LogP contribution in [0, 0.1) is 0 Å². The molecule has 2 aromatic rings. The van der Waals surface area contributed by atoms with Gasteiger partial charge in [0.1, 0.15) is 0 Å². The van der Waals surface area contributed by atoms with Crippen LogP contribution in [0.2, 0.25) is 0 Å². The van der Waals surface area contributed by atoms with Gasteiger partial charge in [0.25, 0.3) is 0 Å². The Morgan fingerprint density at radius 1 is 1.11 bits per heavy atom. The molecule has 2 nitrogen and oxygen atoms in total. The van der Waals surface area contributed by atoms with Crippen molar-refractivity contribution < 1.29 is 4.79 Å². The van der Waals surface area contributed by atoms with Gasteiger partial charge >= 0.3 is 0 Å². The number of benzene rings is 2. The van der Waals surface area contributed by atoms with Crippen molar-refractivity contribution in [3.63, 3.8) is 0 Å². The predicted molar refractivity (Wildman–Crippen MR) is 74.1 cm³/mol. The first-order valence-corrected chi connectivity index (χ1v) is 6.30. The summed E-state index contributed by atoms with van der Waals surface area (Å²) in [5.74, 6) is 0. The minimum Gasteiger partial charge on any atom is -0.385 e. The number of hydrogen-bond acceptors (Lipinski definition) is 2. The molecule has 0 radical (unpaired) electrons. The molecule has 2 heteroatoms. The normalized spacial score (nSPS) is 13.6. The molecule has 0 spiro atoms. The molecule has 18 heavy (non-hydrogen) atoms. The molecule has 0 saturated carbocycles. The maximum absolute atomic E-state index is 11.1. The molecule has 1 heterocycles.